The summed E-state index contributed by atoms with van der Waals surface area (Å²) in [5.41, 5.74) is 1.26. The molecular weight excluding hydrogens is 452 g/mol. The topological polar surface area (TPSA) is 114 Å². The van der Waals surface area contributed by atoms with E-state index in [4.69, 9.17) is 11.6 Å². The summed E-state index contributed by atoms with van der Waals surface area (Å²) in [5.74, 6) is -0.966. The SMILES string of the molecule is O=C(Nc1ccccc1C(=O)NCc1nc2ccccc2s1)c1ccc([N+](=O)[O-])cc1Cl. The minimum atomic E-state index is -0.599. The van der Waals surface area contributed by atoms with Crippen molar-refractivity contribution in [1.29, 1.82) is 0 Å². The van der Waals surface area contributed by atoms with Crippen molar-refractivity contribution in [3.8, 4) is 0 Å². The third kappa shape index (κ3) is 4.58. The third-order valence-electron chi connectivity index (χ3n) is 4.57. The van der Waals surface area contributed by atoms with Crippen LogP contribution in [0.5, 0.6) is 0 Å². The Labute approximate surface area is 191 Å². The number of hydrogen-bond acceptors (Lipinski definition) is 6. The van der Waals surface area contributed by atoms with Crippen LogP contribution in [0.2, 0.25) is 5.02 Å². The number of benzene rings is 3. The van der Waals surface area contributed by atoms with Crippen LogP contribution in [-0.2, 0) is 6.54 Å². The van der Waals surface area contributed by atoms with Gasteiger partial charge in [-0.1, -0.05) is 35.9 Å². The maximum atomic E-state index is 12.8. The smallest absolute Gasteiger partial charge is 0.270 e. The van der Waals surface area contributed by atoms with E-state index in [1.165, 1.54) is 23.5 Å². The van der Waals surface area contributed by atoms with Crippen LogP contribution in [0.4, 0.5) is 11.4 Å². The molecule has 0 aliphatic rings. The second-order valence-corrected chi connectivity index (χ2v) is 8.20. The van der Waals surface area contributed by atoms with Crippen molar-refractivity contribution in [2.75, 3.05) is 5.32 Å². The number of carbonyl (C=O) groups excluding carboxylic acids is 2. The van der Waals surface area contributed by atoms with Crippen molar-refractivity contribution < 1.29 is 14.5 Å². The van der Waals surface area contributed by atoms with Gasteiger partial charge in [-0.3, -0.25) is 19.7 Å². The number of nitro groups is 1. The summed E-state index contributed by atoms with van der Waals surface area (Å²) in [6.45, 7) is 0.245. The minimum Gasteiger partial charge on any atom is -0.345 e. The number of nitrogens with one attached hydrogen (secondary N) is 2. The fourth-order valence-corrected chi connectivity index (χ4v) is 4.20. The lowest BCUT2D eigenvalue weighted by Crippen LogP contribution is -2.24. The predicted octanol–water partition coefficient (Wildman–Crippen LogP) is 5.04. The Kier molecular flexibility index (Phi) is 6.11. The maximum absolute atomic E-state index is 12.8. The highest BCUT2D eigenvalue weighted by Crippen LogP contribution is 2.25. The molecule has 10 heteroatoms. The minimum absolute atomic E-state index is 0.0574. The fourth-order valence-electron chi connectivity index (χ4n) is 3.03. The van der Waals surface area contributed by atoms with Crippen LogP contribution in [0.1, 0.15) is 25.7 Å². The average molecular weight is 467 g/mol. The highest BCUT2D eigenvalue weighted by molar-refractivity contribution is 7.18. The van der Waals surface area contributed by atoms with Crippen LogP contribution in [0.3, 0.4) is 0 Å². The van der Waals surface area contributed by atoms with Crippen LogP contribution in [-0.4, -0.2) is 21.7 Å². The number of hydrogen-bond donors (Lipinski definition) is 2. The lowest BCUT2D eigenvalue weighted by atomic mass is 10.1. The van der Waals surface area contributed by atoms with Crippen molar-refractivity contribution in [3.05, 3.63) is 98.0 Å². The molecule has 3 aromatic carbocycles. The van der Waals surface area contributed by atoms with Gasteiger partial charge in [0, 0.05) is 12.1 Å². The Morgan fingerprint density at radius 2 is 1.75 bits per heavy atom. The molecule has 1 aromatic heterocycles. The van der Waals surface area contributed by atoms with Crippen molar-refractivity contribution in [2.45, 2.75) is 6.54 Å². The second kappa shape index (κ2) is 9.13. The van der Waals surface area contributed by atoms with Crippen molar-refractivity contribution in [2.24, 2.45) is 0 Å². The Morgan fingerprint density at radius 1 is 1.00 bits per heavy atom. The van der Waals surface area contributed by atoms with Crippen LogP contribution in [0, 0.1) is 10.1 Å². The van der Waals surface area contributed by atoms with E-state index in [2.05, 4.69) is 15.6 Å². The first-order valence-corrected chi connectivity index (χ1v) is 10.6. The summed E-state index contributed by atoms with van der Waals surface area (Å²) in [6, 6.07) is 17.8. The molecule has 0 unspecified atom stereocenters. The zero-order valence-corrected chi connectivity index (χ0v) is 17.9. The van der Waals surface area contributed by atoms with Crippen LogP contribution in [0.15, 0.2) is 66.7 Å². The Hall–Kier alpha value is -3.82. The zero-order chi connectivity index (χ0) is 22.7. The molecule has 2 N–H and O–H groups in total. The van der Waals surface area contributed by atoms with E-state index in [1.807, 2.05) is 24.3 Å². The predicted molar refractivity (Wildman–Crippen MR) is 123 cm³/mol. The van der Waals surface area contributed by atoms with Crippen molar-refractivity contribution >= 4 is 56.3 Å². The van der Waals surface area contributed by atoms with Gasteiger partial charge >= 0.3 is 0 Å². The molecule has 32 heavy (non-hydrogen) atoms. The van der Waals surface area contributed by atoms with Gasteiger partial charge < -0.3 is 10.6 Å². The second-order valence-electron chi connectivity index (χ2n) is 6.68. The number of thiazole rings is 1. The lowest BCUT2D eigenvalue weighted by Gasteiger charge is -2.11. The number of para-hydroxylation sites is 2. The number of nitrogens with zero attached hydrogens (tertiary/aromatic N) is 2. The molecule has 0 bridgehead atoms. The van der Waals surface area contributed by atoms with Crippen LogP contribution in [0.25, 0.3) is 10.2 Å². The number of halogens is 1. The molecule has 0 aliphatic heterocycles. The molecule has 4 rings (SSSR count). The molecule has 2 amide bonds. The number of nitro benzene ring substituents is 1. The zero-order valence-electron chi connectivity index (χ0n) is 16.4. The Morgan fingerprint density at radius 3 is 2.50 bits per heavy atom. The summed E-state index contributed by atoms with van der Waals surface area (Å²) in [4.78, 5) is 40.2. The van der Waals surface area contributed by atoms with E-state index in [9.17, 15) is 19.7 Å². The highest BCUT2D eigenvalue weighted by Gasteiger charge is 2.18. The number of fused-ring (bicyclic) bond motifs is 1. The summed E-state index contributed by atoms with van der Waals surface area (Å²) in [6.07, 6.45) is 0. The first-order valence-electron chi connectivity index (χ1n) is 9.39. The van der Waals surface area contributed by atoms with E-state index in [-0.39, 0.29) is 40.0 Å². The molecule has 0 aliphatic carbocycles. The van der Waals surface area contributed by atoms with Gasteiger partial charge in [-0.25, -0.2) is 4.98 Å². The molecule has 4 aromatic rings. The highest BCUT2D eigenvalue weighted by atomic mass is 35.5. The number of anilines is 1. The summed E-state index contributed by atoms with van der Waals surface area (Å²) < 4.78 is 1.03. The van der Waals surface area contributed by atoms with Gasteiger partial charge in [0.25, 0.3) is 17.5 Å². The molecule has 0 saturated carbocycles. The average Bonchev–Trinajstić information content (AvgIpc) is 3.20. The van der Waals surface area contributed by atoms with E-state index in [1.54, 1.807) is 24.3 Å². The van der Waals surface area contributed by atoms with Crippen molar-refractivity contribution in [3.63, 3.8) is 0 Å². The molecule has 0 atom stereocenters. The van der Waals surface area contributed by atoms with Gasteiger partial charge in [0.2, 0.25) is 0 Å². The number of non-ortho nitro benzene ring substituents is 1. The molecule has 0 saturated heterocycles. The maximum Gasteiger partial charge on any atom is 0.270 e. The van der Waals surface area contributed by atoms with Crippen LogP contribution < -0.4 is 10.6 Å². The quantitative estimate of drug-likeness (QED) is 0.305. The number of aromatic nitrogens is 1. The monoisotopic (exact) mass is 466 g/mol. The summed E-state index contributed by atoms with van der Waals surface area (Å²) in [5, 5.41) is 17.0. The first kappa shape index (κ1) is 21.4. The molecule has 1 heterocycles. The lowest BCUT2D eigenvalue weighted by molar-refractivity contribution is -0.384. The number of rotatable bonds is 6. The van der Waals surface area contributed by atoms with Gasteiger partial charge in [0.15, 0.2) is 0 Å². The normalized spacial score (nSPS) is 10.7. The van der Waals surface area contributed by atoms with Gasteiger partial charge in [-0.15, -0.1) is 11.3 Å². The largest absolute Gasteiger partial charge is 0.345 e. The third-order valence-corrected chi connectivity index (χ3v) is 5.92. The summed E-state index contributed by atoms with van der Waals surface area (Å²) >= 11 is 7.53. The standard InChI is InChI=1S/C22H15ClN4O4S/c23-16-11-13(27(30)31)9-10-14(16)22(29)26-17-6-2-1-5-15(17)21(28)24-12-20-25-18-7-3-4-8-19(18)32-20/h1-11H,12H2,(H,24,28)(H,26,29). The molecule has 160 valence electrons. The van der Waals surface area contributed by atoms with E-state index in [0.29, 0.717) is 0 Å². The Bertz CT molecular complexity index is 1320. The van der Waals surface area contributed by atoms with Crippen molar-refractivity contribution in [1.82, 2.24) is 10.3 Å². The van der Waals surface area contributed by atoms with Gasteiger partial charge in [-0.05, 0) is 30.3 Å². The molecule has 8 nitrogen and oxygen atoms in total. The first-order chi connectivity index (χ1) is 15.4. The molecule has 0 spiro atoms. The number of amides is 2. The number of carbonyl (C=O) groups is 2. The van der Waals surface area contributed by atoms with Gasteiger partial charge in [0.05, 0.1) is 43.5 Å². The molecule has 0 fully saturated rings. The Balaban J connectivity index is 1.49. The van der Waals surface area contributed by atoms with Gasteiger partial charge in [0.1, 0.15) is 5.01 Å². The van der Waals surface area contributed by atoms with E-state index in [0.717, 1.165) is 21.3 Å². The van der Waals surface area contributed by atoms with E-state index < -0.39 is 10.8 Å². The summed E-state index contributed by atoms with van der Waals surface area (Å²) in [7, 11) is 0. The molecule has 0 radical (unpaired) electrons. The fraction of sp³-hybridized carbons (Fsp3) is 0.0455. The van der Waals surface area contributed by atoms with Crippen LogP contribution >= 0.6 is 22.9 Å². The van der Waals surface area contributed by atoms with E-state index >= 15 is 0 Å². The molecular formula is C22H15ClN4O4S. The van der Waals surface area contributed by atoms with Gasteiger partial charge in [-0.2, -0.15) is 0 Å².